The highest BCUT2D eigenvalue weighted by atomic mass is 16.5. The van der Waals surface area contributed by atoms with E-state index in [-0.39, 0.29) is 11.8 Å². The summed E-state index contributed by atoms with van der Waals surface area (Å²) in [6.07, 6.45) is 0.658. The molecule has 2 fully saturated rings. The van der Waals surface area contributed by atoms with Crippen molar-refractivity contribution in [3.8, 4) is 0 Å². The fourth-order valence-electron chi connectivity index (χ4n) is 2.40. The molecule has 2 amide bonds. The summed E-state index contributed by atoms with van der Waals surface area (Å²) in [6.45, 7) is 5.92. The third-order valence-corrected chi connectivity index (χ3v) is 3.77. The molecular formula is C13H23N3O3. The van der Waals surface area contributed by atoms with Crippen LogP contribution in [0.25, 0.3) is 0 Å². The number of ether oxygens (including phenoxy) is 1. The molecule has 19 heavy (non-hydrogen) atoms. The average molecular weight is 269 g/mol. The number of hydrogen-bond donors (Lipinski definition) is 0. The predicted molar refractivity (Wildman–Crippen MR) is 70.7 cm³/mol. The zero-order valence-electron chi connectivity index (χ0n) is 11.6. The van der Waals surface area contributed by atoms with Crippen LogP contribution in [0.1, 0.15) is 12.8 Å². The molecule has 0 unspecified atom stereocenters. The van der Waals surface area contributed by atoms with Crippen molar-refractivity contribution in [2.75, 3.05) is 59.5 Å². The van der Waals surface area contributed by atoms with Crippen molar-refractivity contribution < 1.29 is 14.3 Å². The smallest absolute Gasteiger partial charge is 0.223 e. The Labute approximate surface area is 114 Å². The highest BCUT2D eigenvalue weighted by Gasteiger charge is 2.21. The van der Waals surface area contributed by atoms with E-state index in [0.29, 0.717) is 39.1 Å². The third kappa shape index (κ3) is 4.18. The number of piperazine rings is 1. The van der Waals surface area contributed by atoms with Crippen molar-refractivity contribution in [1.82, 2.24) is 14.7 Å². The van der Waals surface area contributed by atoms with Gasteiger partial charge in [-0.25, -0.2) is 0 Å². The summed E-state index contributed by atoms with van der Waals surface area (Å²) in [5.41, 5.74) is 0. The zero-order valence-corrected chi connectivity index (χ0v) is 11.6. The fourth-order valence-corrected chi connectivity index (χ4v) is 2.40. The minimum Gasteiger partial charge on any atom is -0.378 e. The quantitative estimate of drug-likeness (QED) is 0.686. The fraction of sp³-hybridized carbons (Fsp3) is 0.846. The van der Waals surface area contributed by atoms with Crippen molar-refractivity contribution in [1.29, 1.82) is 0 Å². The summed E-state index contributed by atoms with van der Waals surface area (Å²) in [6, 6.07) is 0. The number of rotatable bonds is 3. The van der Waals surface area contributed by atoms with E-state index >= 15 is 0 Å². The predicted octanol–water partition coefficient (Wildman–Crippen LogP) is -0.601. The summed E-state index contributed by atoms with van der Waals surface area (Å²) in [7, 11) is 2.06. The van der Waals surface area contributed by atoms with Crippen LogP contribution >= 0.6 is 0 Å². The second-order valence-electron chi connectivity index (χ2n) is 5.18. The van der Waals surface area contributed by atoms with E-state index in [4.69, 9.17) is 4.74 Å². The summed E-state index contributed by atoms with van der Waals surface area (Å²) < 4.78 is 5.21. The monoisotopic (exact) mass is 269 g/mol. The molecule has 0 aromatic rings. The number of morpholine rings is 1. The Kier molecular flexibility index (Phi) is 5.15. The van der Waals surface area contributed by atoms with Gasteiger partial charge in [0.05, 0.1) is 13.2 Å². The van der Waals surface area contributed by atoms with E-state index in [1.54, 1.807) is 4.90 Å². The average Bonchev–Trinajstić information content (AvgIpc) is 2.46. The first-order chi connectivity index (χ1) is 9.16. The number of amides is 2. The Hall–Kier alpha value is -1.14. The van der Waals surface area contributed by atoms with Gasteiger partial charge in [0, 0.05) is 52.1 Å². The van der Waals surface area contributed by atoms with Crippen LogP contribution in [0.2, 0.25) is 0 Å². The molecule has 2 rings (SSSR count). The standard InChI is InChI=1S/C13H23N3O3/c1-14-4-6-15(7-5-14)12(17)2-3-13(18)16-8-10-19-11-9-16/h2-11H2,1H3. The van der Waals surface area contributed by atoms with Crippen LogP contribution in [0.5, 0.6) is 0 Å². The first-order valence-corrected chi connectivity index (χ1v) is 6.98. The lowest BCUT2D eigenvalue weighted by molar-refractivity contribution is -0.140. The molecule has 2 aliphatic rings. The molecule has 0 bridgehead atoms. The van der Waals surface area contributed by atoms with Gasteiger partial charge in [0.2, 0.25) is 11.8 Å². The summed E-state index contributed by atoms with van der Waals surface area (Å²) in [4.78, 5) is 29.8. The normalized spacial score (nSPS) is 21.5. The van der Waals surface area contributed by atoms with Gasteiger partial charge < -0.3 is 19.4 Å². The molecule has 0 N–H and O–H groups in total. The van der Waals surface area contributed by atoms with E-state index in [9.17, 15) is 9.59 Å². The number of carbonyl (C=O) groups excluding carboxylic acids is 2. The topological polar surface area (TPSA) is 53.1 Å². The molecule has 6 nitrogen and oxygen atoms in total. The van der Waals surface area contributed by atoms with Crippen molar-refractivity contribution in [2.24, 2.45) is 0 Å². The van der Waals surface area contributed by atoms with Gasteiger partial charge in [0.15, 0.2) is 0 Å². The number of carbonyl (C=O) groups is 2. The Balaban J connectivity index is 1.69. The van der Waals surface area contributed by atoms with E-state index in [1.165, 1.54) is 0 Å². The van der Waals surface area contributed by atoms with E-state index in [2.05, 4.69) is 11.9 Å². The van der Waals surface area contributed by atoms with E-state index in [0.717, 1.165) is 26.2 Å². The second-order valence-corrected chi connectivity index (χ2v) is 5.18. The molecule has 0 aliphatic carbocycles. The molecule has 0 radical (unpaired) electrons. The SMILES string of the molecule is CN1CCN(C(=O)CCC(=O)N2CCOCC2)CC1. The summed E-state index contributed by atoms with van der Waals surface area (Å²) in [5, 5.41) is 0. The highest BCUT2D eigenvalue weighted by molar-refractivity contribution is 5.84. The van der Waals surface area contributed by atoms with Crippen molar-refractivity contribution in [3.05, 3.63) is 0 Å². The zero-order chi connectivity index (χ0) is 13.7. The molecule has 108 valence electrons. The van der Waals surface area contributed by atoms with Gasteiger partial charge >= 0.3 is 0 Å². The maximum Gasteiger partial charge on any atom is 0.223 e. The molecule has 2 aliphatic heterocycles. The number of nitrogens with zero attached hydrogens (tertiary/aromatic N) is 3. The largest absolute Gasteiger partial charge is 0.378 e. The van der Waals surface area contributed by atoms with Crippen LogP contribution in [0.3, 0.4) is 0 Å². The van der Waals surface area contributed by atoms with Crippen molar-refractivity contribution >= 4 is 11.8 Å². The van der Waals surface area contributed by atoms with E-state index < -0.39 is 0 Å². The van der Waals surface area contributed by atoms with Crippen LogP contribution < -0.4 is 0 Å². The van der Waals surface area contributed by atoms with Gasteiger partial charge in [-0.1, -0.05) is 0 Å². The first kappa shape index (κ1) is 14.3. The third-order valence-electron chi connectivity index (χ3n) is 3.77. The molecule has 0 aromatic heterocycles. The Morgan fingerprint density at radius 2 is 1.32 bits per heavy atom. The highest BCUT2D eigenvalue weighted by Crippen LogP contribution is 2.06. The molecular weight excluding hydrogens is 246 g/mol. The number of likely N-dealkylation sites (N-methyl/N-ethyl adjacent to an activating group) is 1. The lowest BCUT2D eigenvalue weighted by Gasteiger charge is -2.32. The molecule has 6 heteroatoms. The van der Waals surface area contributed by atoms with E-state index in [1.807, 2.05) is 4.90 Å². The molecule has 0 spiro atoms. The lowest BCUT2D eigenvalue weighted by atomic mass is 10.2. The first-order valence-electron chi connectivity index (χ1n) is 6.98. The summed E-state index contributed by atoms with van der Waals surface area (Å²) in [5.74, 6) is 0.181. The van der Waals surface area contributed by atoms with Gasteiger partial charge in [-0.05, 0) is 7.05 Å². The van der Waals surface area contributed by atoms with Crippen LogP contribution in [0, 0.1) is 0 Å². The molecule has 2 heterocycles. The minimum atomic E-state index is 0.0748. The Bertz CT molecular complexity index is 321. The Morgan fingerprint density at radius 1 is 0.842 bits per heavy atom. The van der Waals surface area contributed by atoms with Gasteiger partial charge in [-0.2, -0.15) is 0 Å². The maximum absolute atomic E-state index is 12.0. The summed E-state index contributed by atoms with van der Waals surface area (Å²) >= 11 is 0. The molecule has 0 aromatic carbocycles. The van der Waals surface area contributed by atoms with Crippen LogP contribution in [-0.2, 0) is 14.3 Å². The minimum absolute atomic E-state index is 0.0748. The van der Waals surface area contributed by atoms with Gasteiger partial charge in [0.25, 0.3) is 0 Å². The van der Waals surface area contributed by atoms with Gasteiger partial charge in [0.1, 0.15) is 0 Å². The van der Waals surface area contributed by atoms with Crippen molar-refractivity contribution in [3.63, 3.8) is 0 Å². The molecule has 0 atom stereocenters. The van der Waals surface area contributed by atoms with Gasteiger partial charge in [-0.3, -0.25) is 9.59 Å². The van der Waals surface area contributed by atoms with Crippen LogP contribution in [0.4, 0.5) is 0 Å². The van der Waals surface area contributed by atoms with Gasteiger partial charge in [-0.15, -0.1) is 0 Å². The van der Waals surface area contributed by atoms with Crippen LogP contribution in [-0.4, -0.2) is 86.0 Å². The molecule has 0 saturated carbocycles. The Morgan fingerprint density at radius 3 is 1.84 bits per heavy atom. The molecule has 2 saturated heterocycles. The maximum atomic E-state index is 12.0. The number of hydrogen-bond acceptors (Lipinski definition) is 4. The second kappa shape index (κ2) is 6.86. The van der Waals surface area contributed by atoms with Crippen molar-refractivity contribution in [2.45, 2.75) is 12.8 Å². The lowest BCUT2D eigenvalue weighted by Crippen LogP contribution is -2.47. The van der Waals surface area contributed by atoms with Crippen LogP contribution in [0.15, 0.2) is 0 Å².